The molecule has 1 aromatic carbocycles. The van der Waals surface area contributed by atoms with Gasteiger partial charge < -0.3 is 10.4 Å². The molecule has 0 spiro atoms. The molecule has 0 saturated carbocycles. The number of hydrogen-bond acceptors (Lipinski definition) is 2. The van der Waals surface area contributed by atoms with Crippen LogP contribution in [0.4, 0.5) is 0 Å². The van der Waals surface area contributed by atoms with E-state index in [-0.39, 0.29) is 11.8 Å². The van der Waals surface area contributed by atoms with Gasteiger partial charge in [-0.15, -0.1) is 0 Å². The molecule has 0 aromatic heterocycles. The minimum atomic E-state index is -1.25. The van der Waals surface area contributed by atoms with Gasteiger partial charge in [-0.3, -0.25) is 4.79 Å². The lowest BCUT2D eigenvalue weighted by atomic mass is 9.94. The fraction of sp³-hybridized carbons (Fsp3) is 0.429. The maximum Gasteiger partial charge on any atom is 0.328 e. The van der Waals surface area contributed by atoms with Crippen molar-refractivity contribution < 1.29 is 14.7 Å². The maximum absolute atomic E-state index is 12.1. The topological polar surface area (TPSA) is 66.4 Å². The van der Waals surface area contributed by atoms with Crippen LogP contribution < -0.4 is 5.32 Å². The number of amides is 1. The Morgan fingerprint density at radius 3 is 2.28 bits per heavy atom. The molecular weight excluding hydrogens is 230 g/mol. The number of carboxylic acids is 1. The molecule has 0 aliphatic heterocycles. The summed E-state index contributed by atoms with van der Waals surface area (Å²) in [5.41, 5.74) is -0.349. The smallest absolute Gasteiger partial charge is 0.328 e. The van der Waals surface area contributed by atoms with E-state index in [1.807, 2.05) is 37.3 Å². The molecule has 1 unspecified atom stereocenters. The second-order valence-electron chi connectivity index (χ2n) is 4.79. The molecule has 0 fully saturated rings. The minimum absolute atomic E-state index is 0.254. The van der Waals surface area contributed by atoms with Crippen LogP contribution in [0.3, 0.4) is 0 Å². The average molecular weight is 249 g/mol. The second-order valence-corrected chi connectivity index (χ2v) is 4.79. The Kier molecular flexibility index (Phi) is 4.48. The highest BCUT2D eigenvalue weighted by Crippen LogP contribution is 2.20. The molecule has 1 rings (SSSR count). The molecule has 0 aliphatic carbocycles. The van der Waals surface area contributed by atoms with E-state index in [0.717, 1.165) is 5.56 Å². The Bertz CT molecular complexity index is 426. The third-order valence-corrected chi connectivity index (χ3v) is 2.90. The molecule has 0 saturated heterocycles. The third kappa shape index (κ3) is 3.32. The van der Waals surface area contributed by atoms with Gasteiger partial charge in [0, 0.05) is 0 Å². The SMILES string of the molecule is CCC(C(=O)NC(C)(C)C(=O)O)c1ccccc1. The zero-order valence-electron chi connectivity index (χ0n) is 10.9. The summed E-state index contributed by atoms with van der Waals surface area (Å²) in [6.45, 7) is 4.86. The standard InChI is InChI=1S/C14H19NO3/c1-4-11(10-8-6-5-7-9-10)12(16)15-14(2,3)13(17)18/h5-9,11H,4H2,1-3H3,(H,15,16)(H,17,18). The molecule has 4 nitrogen and oxygen atoms in total. The molecular formula is C14H19NO3. The van der Waals surface area contributed by atoms with Crippen molar-refractivity contribution in [1.82, 2.24) is 5.32 Å². The largest absolute Gasteiger partial charge is 0.480 e. The number of carboxylic acid groups (broad SMARTS) is 1. The maximum atomic E-state index is 12.1. The molecule has 0 bridgehead atoms. The molecule has 98 valence electrons. The van der Waals surface area contributed by atoms with Gasteiger partial charge in [0.15, 0.2) is 0 Å². The van der Waals surface area contributed by atoms with Crippen molar-refractivity contribution in [3.8, 4) is 0 Å². The molecule has 2 N–H and O–H groups in total. The number of aliphatic carboxylic acids is 1. The first-order valence-electron chi connectivity index (χ1n) is 5.99. The number of nitrogens with one attached hydrogen (secondary N) is 1. The summed E-state index contributed by atoms with van der Waals surface area (Å²) in [6, 6.07) is 9.37. The average Bonchev–Trinajstić information content (AvgIpc) is 2.30. The first kappa shape index (κ1) is 14.2. The first-order chi connectivity index (χ1) is 8.38. The molecule has 1 amide bonds. The van der Waals surface area contributed by atoms with E-state index in [0.29, 0.717) is 6.42 Å². The van der Waals surface area contributed by atoms with E-state index in [4.69, 9.17) is 5.11 Å². The molecule has 4 heteroatoms. The Morgan fingerprint density at radius 2 is 1.83 bits per heavy atom. The monoisotopic (exact) mass is 249 g/mol. The van der Waals surface area contributed by atoms with Crippen LogP contribution in [0.5, 0.6) is 0 Å². The molecule has 1 aromatic rings. The lowest BCUT2D eigenvalue weighted by Gasteiger charge is -2.24. The van der Waals surface area contributed by atoms with Crippen LogP contribution in [0.15, 0.2) is 30.3 Å². The Morgan fingerprint density at radius 1 is 1.28 bits per heavy atom. The van der Waals surface area contributed by atoms with Gasteiger partial charge in [0.05, 0.1) is 5.92 Å². The zero-order chi connectivity index (χ0) is 13.8. The van der Waals surface area contributed by atoms with Crippen molar-refractivity contribution >= 4 is 11.9 Å². The number of carbonyl (C=O) groups excluding carboxylic acids is 1. The van der Waals surface area contributed by atoms with Crippen molar-refractivity contribution in [2.45, 2.75) is 38.6 Å². The fourth-order valence-corrected chi connectivity index (χ4v) is 1.71. The van der Waals surface area contributed by atoms with Crippen molar-refractivity contribution in [2.24, 2.45) is 0 Å². The predicted octanol–water partition coefficient (Wildman–Crippen LogP) is 2.16. The van der Waals surface area contributed by atoms with Crippen molar-refractivity contribution in [2.75, 3.05) is 0 Å². The summed E-state index contributed by atoms with van der Waals surface area (Å²) in [6.07, 6.45) is 0.631. The van der Waals surface area contributed by atoms with Gasteiger partial charge in [-0.25, -0.2) is 4.79 Å². The summed E-state index contributed by atoms with van der Waals surface area (Å²) in [4.78, 5) is 23.1. The van der Waals surface area contributed by atoms with Crippen LogP contribution in [0.1, 0.15) is 38.7 Å². The molecule has 0 aliphatic rings. The number of carbonyl (C=O) groups is 2. The Hall–Kier alpha value is -1.84. The zero-order valence-corrected chi connectivity index (χ0v) is 10.9. The normalized spacial score (nSPS) is 12.8. The van der Waals surface area contributed by atoms with E-state index in [9.17, 15) is 9.59 Å². The van der Waals surface area contributed by atoms with E-state index in [2.05, 4.69) is 5.32 Å². The number of hydrogen-bond donors (Lipinski definition) is 2. The van der Waals surface area contributed by atoms with Crippen LogP contribution in [-0.4, -0.2) is 22.5 Å². The molecule has 0 heterocycles. The van der Waals surface area contributed by atoms with Crippen LogP contribution in [0.25, 0.3) is 0 Å². The fourth-order valence-electron chi connectivity index (χ4n) is 1.71. The van der Waals surface area contributed by atoms with Crippen LogP contribution in [-0.2, 0) is 9.59 Å². The summed E-state index contributed by atoms with van der Waals surface area (Å²) >= 11 is 0. The van der Waals surface area contributed by atoms with Crippen molar-refractivity contribution in [3.63, 3.8) is 0 Å². The molecule has 0 radical (unpaired) electrons. The van der Waals surface area contributed by atoms with Gasteiger partial charge in [0.25, 0.3) is 0 Å². The highest BCUT2D eigenvalue weighted by Gasteiger charge is 2.31. The van der Waals surface area contributed by atoms with E-state index in [1.54, 1.807) is 0 Å². The van der Waals surface area contributed by atoms with E-state index >= 15 is 0 Å². The summed E-state index contributed by atoms with van der Waals surface area (Å²) in [5, 5.41) is 11.6. The van der Waals surface area contributed by atoms with Gasteiger partial charge in [0.1, 0.15) is 5.54 Å². The van der Waals surface area contributed by atoms with Crippen LogP contribution >= 0.6 is 0 Å². The van der Waals surface area contributed by atoms with Crippen LogP contribution in [0.2, 0.25) is 0 Å². The number of rotatable bonds is 5. The third-order valence-electron chi connectivity index (χ3n) is 2.90. The summed E-state index contributed by atoms with van der Waals surface area (Å²) < 4.78 is 0. The highest BCUT2D eigenvalue weighted by molar-refractivity contribution is 5.89. The predicted molar refractivity (Wildman–Crippen MR) is 69.3 cm³/mol. The van der Waals surface area contributed by atoms with Crippen molar-refractivity contribution in [3.05, 3.63) is 35.9 Å². The van der Waals surface area contributed by atoms with Gasteiger partial charge >= 0.3 is 5.97 Å². The summed E-state index contributed by atoms with van der Waals surface area (Å²) in [5.74, 6) is -1.61. The number of benzene rings is 1. The lowest BCUT2D eigenvalue weighted by molar-refractivity contribution is -0.146. The summed E-state index contributed by atoms with van der Waals surface area (Å²) in [7, 11) is 0. The van der Waals surface area contributed by atoms with Crippen LogP contribution in [0, 0.1) is 0 Å². The molecule has 1 atom stereocenters. The van der Waals surface area contributed by atoms with Gasteiger partial charge in [-0.1, -0.05) is 37.3 Å². The Balaban J connectivity index is 2.85. The van der Waals surface area contributed by atoms with Gasteiger partial charge in [-0.05, 0) is 25.8 Å². The van der Waals surface area contributed by atoms with Crippen molar-refractivity contribution in [1.29, 1.82) is 0 Å². The quantitative estimate of drug-likeness (QED) is 0.840. The highest BCUT2D eigenvalue weighted by atomic mass is 16.4. The lowest BCUT2D eigenvalue weighted by Crippen LogP contribution is -2.51. The van der Waals surface area contributed by atoms with Gasteiger partial charge in [-0.2, -0.15) is 0 Å². The minimum Gasteiger partial charge on any atom is -0.480 e. The first-order valence-corrected chi connectivity index (χ1v) is 5.99. The van der Waals surface area contributed by atoms with Gasteiger partial charge in [0.2, 0.25) is 5.91 Å². The second kappa shape index (κ2) is 5.67. The van der Waals surface area contributed by atoms with E-state index in [1.165, 1.54) is 13.8 Å². The molecule has 18 heavy (non-hydrogen) atoms. The van der Waals surface area contributed by atoms with E-state index < -0.39 is 11.5 Å². The Labute approximate surface area is 107 Å².